The van der Waals surface area contributed by atoms with E-state index in [2.05, 4.69) is 15.5 Å². The summed E-state index contributed by atoms with van der Waals surface area (Å²) in [7, 11) is 0. The highest BCUT2D eigenvalue weighted by atomic mass is 16.7. The summed E-state index contributed by atoms with van der Waals surface area (Å²) in [6.45, 7) is 2.77. The number of aliphatic hydroxyl groups is 2. The van der Waals surface area contributed by atoms with E-state index in [0.29, 0.717) is 19.5 Å². The van der Waals surface area contributed by atoms with Gasteiger partial charge in [0.25, 0.3) is 0 Å². The number of likely N-dealkylation sites (tertiary alicyclic amines) is 1. The number of nitrogens with zero attached hydrogens (tertiary/aromatic N) is 1. The number of urea groups is 1. The summed E-state index contributed by atoms with van der Waals surface area (Å²) < 4.78 is 12.9. The fraction of sp³-hybridized carbons (Fsp3) is 0.406. The van der Waals surface area contributed by atoms with Crippen molar-refractivity contribution in [3.05, 3.63) is 107 Å². The van der Waals surface area contributed by atoms with Crippen molar-refractivity contribution in [2.45, 2.75) is 63.5 Å². The molecule has 0 aromatic heterocycles. The number of aliphatic hydroxyl groups excluding tert-OH is 2. The molecular formula is C32H39N3O5. The Bertz CT molecular complexity index is 1210. The fourth-order valence-corrected chi connectivity index (χ4v) is 5.45. The lowest BCUT2D eigenvalue weighted by Gasteiger charge is -2.38. The molecule has 2 saturated heterocycles. The molecule has 8 nitrogen and oxygen atoms in total. The Morgan fingerprint density at radius 2 is 1.48 bits per heavy atom. The van der Waals surface area contributed by atoms with E-state index < -0.39 is 6.29 Å². The number of carbonyl (C=O) groups excluding carboxylic acids is 1. The minimum absolute atomic E-state index is 0.00750. The third-order valence-electron chi connectivity index (χ3n) is 7.76. The van der Waals surface area contributed by atoms with Gasteiger partial charge in [-0.05, 0) is 41.6 Å². The summed E-state index contributed by atoms with van der Waals surface area (Å²) in [6.07, 6.45) is 2.07. The van der Waals surface area contributed by atoms with Crippen LogP contribution in [0.4, 0.5) is 4.79 Å². The van der Waals surface area contributed by atoms with Gasteiger partial charge in [0.05, 0.1) is 25.4 Å². The lowest BCUT2D eigenvalue weighted by Crippen LogP contribution is -2.42. The van der Waals surface area contributed by atoms with Crippen molar-refractivity contribution in [2.24, 2.45) is 0 Å². The van der Waals surface area contributed by atoms with Gasteiger partial charge in [-0.2, -0.15) is 0 Å². The number of benzene rings is 3. The number of hydrogen-bond donors (Lipinski definition) is 4. The normalized spacial score (nSPS) is 23.1. The summed E-state index contributed by atoms with van der Waals surface area (Å²) in [5, 5.41) is 25.0. The van der Waals surface area contributed by atoms with E-state index in [4.69, 9.17) is 9.47 Å². The first kappa shape index (κ1) is 28.3. The third-order valence-corrected chi connectivity index (χ3v) is 7.76. The SMILES string of the molecule is O=C(NCc1ccccc1)NCc1ccc([C@@H]2O[C@H](CN3CCC[C@H]3CO)C[C@H](c3ccc(CO)cc3)O2)cc1. The van der Waals surface area contributed by atoms with Gasteiger partial charge in [-0.15, -0.1) is 0 Å². The quantitative estimate of drug-likeness (QED) is 0.305. The molecule has 4 N–H and O–H groups in total. The van der Waals surface area contributed by atoms with Crippen LogP contribution in [0.25, 0.3) is 0 Å². The molecule has 212 valence electrons. The molecule has 0 spiro atoms. The highest BCUT2D eigenvalue weighted by Gasteiger charge is 2.35. The first-order chi connectivity index (χ1) is 19.6. The zero-order valence-electron chi connectivity index (χ0n) is 22.7. The summed E-state index contributed by atoms with van der Waals surface area (Å²) in [6, 6.07) is 25.6. The van der Waals surface area contributed by atoms with E-state index in [1.807, 2.05) is 78.9 Å². The summed E-state index contributed by atoms with van der Waals surface area (Å²) in [5.41, 5.74) is 4.86. The van der Waals surface area contributed by atoms with Gasteiger partial charge in [0, 0.05) is 37.7 Å². The molecule has 2 aliphatic rings. The van der Waals surface area contributed by atoms with Gasteiger partial charge in [0.2, 0.25) is 0 Å². The van der Waals surface area contributed by atoms with E-state index in [1.54, 1.807) is 0 Å². The van der Waals surface area contributed by atoms with Crippen molar-refractivity contribution in [1.82, 2.24) is 15.5 Å². The van der Waals surface area contributed by atoms with Crippen molar-refractivity contribution < 1.29 is 24.5 Å². The van der Waals surface area contributed by atoms with Crippen molar-refractivity contribution >= 4 is 6.03 Å². The summed E-state index contributed by atoms with van der Waals surface area (Å²) in [4.78, 5) is 14.6. The predicted molar refractivity (Wildman–Crippen MR) is 152 cm³/mol. The van der Waals surface area contributed by atoms with E-state index >= 15 is 0 Å². The monoisotopic (exact) mass is 545 g/mol. The Balaban J connectivity index is 1.22. The Morgan fingerprint density at radius 1 is 0.825 bits per heavy atom. The van der Waals surface area contributed by atoms with Crippen LogP contribution in [-0.2, 0) is 29.2 Å². The topological polar surface area (TPSA) is 103 Å². The smallest absolute Gasteiger partial charge is 0.315 e. The van der Waals surface area contributed by atoms with Gasteiger partial charge in [-0.3, -0.25) is 4.90 Å². The van der Waals surface area contributed by atoms with Crippen molar-refractivity contribution in [3.63, 3.8) is 0 Å². The largest absolute Gasteiger partial charge is 0.395 e. The van der Waals surface area contributed by atoms with Crippen LogP contribution in [0.5, 0.6) is 0 Å². The van der Waals surface area contributed by atoms with Gasteiger partial charge in [0.15, 0.2) is 6.29 Å². The maximum absolute atomic E-state index is 12.2. The summed E-state index contributed by atoms with van der Waals surface area (Å²) in [5.74, 6) is 0. The van der Waals surface area contributed by atoms with E-state index in [-0.39, 0.29) is 37.5 Å². The second-order valence-corrected chi connectivity index (χ2v) is 10.6. The van der Waals surface area contributed by atoms with Gasteiger partial charge in [0.1, 0.15) is 0 Å². The number of ether oxygens (including phenoxy) is 2. The number of nitrogens with one attached hydrogen (secondary N) is 2. The van der Waals surface area contributed by atoms with Crippen LogP contribution in [0.1, 0.15) is 59.5 Å². The standard InChI is InChI=1S/C32H39N3O5/c36-21-25-10-12-26(13-11-25)30-17-29(20-35-16-4-7-28(35)22-37)39-31(40-30)27-14-8-24(9-15-27)19-34-32(38)33-18-23-5-2-1-3-6-23/h1-3,5-6,8-15,28-31,36-37H,4,7,16-22H2,(H2,33,34,38)/t28-,29-,30+,31+/m0/s1. The van der Waals surface area contributed by atoms with Gasteiger partial charge >= 0.3 is 6.03 Å². The third kappa shape index (κ3) is 7.47. The van der Waals surface area contributed by atoms with Crippen LogP contribution in [0.15, 0.2) is 78.9 Å². The molecule has 2 amide bonds. The maximum atomic E-state index is 12.2. The molecule has 5 rings (SSSR count). The summed E-state index contributed by atoms with van der Waals surface area (Å²) >= 11 is 0. The zero-order chi connectivity index (χ0) is 27.7. The van der Waals surface area contributed by atoms with Crippen LogP contribution in [0.3, 0.4) is 0 Å². The zero-order valence-corrected chi connectivity index (χ0v) is 22.7. The Hall–Kier alpha value is -3.27. The van der Waals surface area contributed by atoms with E-state index in [0.717, 1.165) is 53.7 Å². The molecule has 8 heteroatoms. The molecular weight excluding hydrogens is 506 g/mol. The minimum atomic E-state index is -0.535. The second kappa shape index (κ2) is 13.9. The fourth-order valence-electron chi connectivity index (χ4n) is 5.45. The highest BCUT2D eigenvalue weighted by Crippen LogP contribution is 2.38. The minimum Gasteiger partial charge on any atom is -0.395 e. The van der Waals surface area contributed by atoms with E-state index in [1.165, 1.54) is 0 Å². The number of rotatable bonds is 10. The lowest BCUT2D eigenvalue weighted by molar-refractivity contribution is -0.253. The van der Waals surface area contributed by atoms with Crippen LogP contribution in [0.2, 0.25) is 0 Å². The van der Waals surface area contributed by atoms with Crippen molar-refractivity contribution in [3.8, 4) is 0 Å². The van der Waals surface area contributed by atoms with Crippen molar-refractivity contribution in [1.29, 1.82) is 0 Å². The molecule has 0 bridgehead atoms. The molecule has 40 heavy (non-hydrogen) atoms. The molecule has 3 aromatic carbocycles. The van der Waals surface area contributed by atoms with Crippen LogP contribution >= 0.6 is 0 Å². The van der Waals surface area contributed by atoms with Crippen LogP contribution in [0, 0.1) is 0 Å². The highest BCUT2D eigenvalue weighted by molar-refractivity contribution is 5.73. The first-order valence-electron chi connectivity index (χ1n) is 14.1. The molecule has 2 heterocycles. The van der Waals surface area contributed by atoms with E-state index in [9.17, 15) is 15.0 Å². The van der Waals surface area contributed by atoms with Crippen LogP contribution in [-0.4, -0.2) is 53.0 Å². The predicted octanol–water partition coefficient (Wildman–Crippen LogP) is 4.18. The lowest BCUT2D eigenvalue weighted by atomic mass is 9.99. The molecule has 3 aromatic rings. The maximum Gasteiger partial charge on any atom is 0.315 e. The molecule has 0 aliphatic carbocycles. The van der Waals surface area contributed by atoms with Crippen LogP contribution < -0.4 is 10.6 Å². The first-order valence-corrected chi connectivity index (χ1v) is 14.1. The average molecular weight is 546 g/mol. The molecule has 2 fully saturated rings. The molecule has 2 aliphatic heterocycles. The molecule has 0 unspecified atom stereocenters. The molecule has 0 radical (unpaired) electrons. The van der Waals surface area contributed by atoms with Crippen molar-refractivity contribution in [2.75, 3.05) is 19.7 Å². The number of carbonyl (C=O) groups is 1. The van der Waals surface area contributed by atoms with Gasteiger partial charge < -0.3 is 30.3 Å². The Labute approximate surface area is 235 Å². The number of hydrogen-bond acceptors (Lipinski definition) is 6. The van der Waals surface area contributed by atoms with Gasteiger partial charge in [-0.1, -0.05) is 78.9 Å². The number of amides is 2. The molecule has 4 atom stereocenters. The Kier molecular flexibility index (Phi) is 9.81. The molecule has 0 saturated carbocycles. The van der Waals surface area contributed by atoms with Gasteiger partial charge in [-0.25, -0.2) is 4.79 Å². The second-order valence-electron chi connectivity index (χ2n) is 10.6. The Morgan fingerprint density at radius 3 is 2.15 bits per heavy atom. The average Bonchev–Trinajstić information content (AvgIpc) is 3.46.